The first-order valence-corrected chi connectivity index (χ1v) is 5.38. The van der Waals surface area contributed by atoms with Crippen molar-refractivity contribution in [3.8, 4) is 11.4 Å². The van der Waals surface area contributed by atoms with Gasteiger partial charge in [0.15, 0.2) is 5.69 Å². The quantitative estimate of drug-likeness (QED) is 0.647. The summed E-state index contributed by atoms with van der Waals surface area (Å²) in [7, 11) is 1.58. The largest absolute Gasteiger partial charge is 0.367 e. The number of nitrogens with zero attached hydrogens (tertiary/aromatic N) is 5. The van der Waals surface area contributed by atoms with E-state index >= 15 is 0 Å². The first-order chi connectivity index (χ1) is 8.69. The first-order valence-electron chi connectivity index (χ1n) is 5.38. The Labute approximate surface area is 103 Å². The molecule has 94 valence electrons. The van der Waals surface area contributed by atoms with Gasteiger partial charge in [0.25, 0.3) is 0 Å². The van der Waals surface area contributed by atoms with Gasteiger partial charge in [-0.1, -0.05) is 0 Å². The second kappa shape index (κ2) is 4.78. The van der Waals surface area contributed by atoms with Crippen molar-refractivity contribution in [2.45, 2.75) is 13.5 Å². The zero-order chi connectivity index (χ0) is 13.1. The van der Waals surface area contributed by atoms with Crippen LogP contribution in [0.1, 0.15) is 6.92 Å². The molecule has 2 heterocycles. The molecule has 0 saturated carbocycles. The van der Waals surface area contributed by atoms with Crippen LogP contribution in [0.2, 0.25) is 0 Å². The minimum absolute atomic E-state index is 0.143. The van der Waals surface area contributed by atoms with Crippen molar-refractivity contribution >= 4 is 11.5 Å². The van der Waals surface area contributed by atoms with Gasteiger partial charge in [0.2, 0.25) is 5.82 Å². The fourth-order valence-electron chi connectivity index (χ4n) is 1.71. The van der Waals surface area contributed by atoms with Gasteiger partial charge < -0.3 is 5.32 Å². The Morgan fingerprint density at radius 3 is 2.89 bits per heavy atom. The van der Waals surface area contributed by atoms with Gasteiger partial charge in [-0.15, -0.1) is 0 Å². The molecule has 0 saturated heterocycles. The van der Waals surface area contributed by atoms with Gasteiger partial charge in [0.1, 0.15) is 6.33 Å². The molecule has 0 bridgehead atoms. The topological polar surface area (TPSA) is 98.8 Å². The average molecular weight is 248 g/mol. The summed E-state index contributed by atoms with van der Waals surface area (Å²) in [5.41, 5.74) is 0.719. The van der Waals surface area contributed by atoms with E-state index in [0.717, 1.165) is 0 Å². The highest BCUT2D eigenvalue weighted by Gasteiger charge is 2.25. The molecule has 0 spiro atoms. The Morgan fingerprint density at radius 1 is 1.50 bits per heavy atom. The van der Waals surface area contributed by atoms with Crippen LogP contribution in [0.15, 0.2) is 18.6 Å². The minimum atomic E-state index is -0.492. The first kappa shape index (κ1) is 12.0. The van der Waals surface area contributed by atoms with E-state index in [9.17, 15) is 10.1 Å². The molecule has 0 radical (unpaired) electrons. The maximum Gasteiger partial charge on any atom is 0.338 e. The SMILES string of the molecule is CCn1nccc1-c1ncnc(NC)c1[N+](=O)[O-]. The van der Waals surface area contributed by atoms with Crippen molar-refractivity contribution in [1.82, 2.24) is 19.7 Å². The highest BCUT2D eigenvalue weighted by Crippen LogP contribution is 2.32. The second-order valence-corrected chi connectivity index (χ2v) is 3.46. The van der Waals surface area contributed by atoms with Crippen LogP contribution in [0.5, 0.6) is 0 Å². The third-order valence-corrected chi connectivity index (χ3v) is 2.50. The Balaban J connectivity index is 2.67. The molecular weight excluding hydrogens is 236 g/mol. The maximum absolute atomic E-state index is 11.2. The predicted octanol–water partition coefficient (Wildman–Crippen LogP) is 1.31. The van der Waals surface area contributed by atoms with E-state index in [2.05, 4.69) is 20.4 Å². The van der Waals surface area contributed by atoms with Crippen LogP contribution in [0.4, 0.5) is 11.5 Å². The smallest absolute Gasteiger partial charge is 0.338 e. The van der Waals surface area contributed by atoms with E-state index in [4.69, 9.17) is 0 Å². The number of aromatic nitrogens is 4. The van der Waals surface area contributed by atoms with Gasteiger partial charge in [-0.05, 0) is 13.0 Å². The van der Waals surface area contributed by atoms with Gasteiger partial charge in [0, 0.05) is 19.8 Å². The fraction of sp³-hybridized carbons (Fsp3) is 0.300. The summed E-state index contributed by atoms with van der Waals surface area (Å²) < 4.78 is 1.65. The fourth-order valence-corrected chi connectivity index (χ4v) is 1.71. The Bertz CT molecular complexity index is 579. The third-order valence-electron chi connectivity index (χ3n) is 2.50. The molecule has 2 aromatic rings. The summed E-state index contributed by atoms with van der Waals surface area (Å²) in [4.78, 5) is 18.5. The van der Waals surface area contributed by atoms with Gasteiger partial charge in [-0.2, -0.15) is 5.10 Å². The molecule has 0 fully saturated rings. The third kappa shape index (κ3) is 1.88. The van der Waals surface area contributed by atoms with Crippen molar-refractivity contribution < 1.29 is 4.92 Å². The highest BCUT2D eigenvalue weighted by atomic mass is 16.6. The zero-order valence-electron chi connectivity index (χ0n) is 9.99. The molecule has 8 heteroatoms. The van der Waals surface area contributed by atoms with E-state index in [1.807, 2.05) is 6.92 Å². The number of nitro groups is 1. The minimum Gasteiger partial charge on any atom is -0.367 e. The van der Waals surface area contributed by atoms with Crippen LogP contribution in [0.25, 0.3) is 11.4 Å². The van der Waals surface area contributed by atoms with Crippen LogP contribution in [0, 0.1) is 10.1 Å². The Kier molecular flexibility index (Phi) is 3.18. The van der Waals surface area contributed by atoms with Gasteiger partial charge >= 0.3 is 5.69 Å². The van der Waals surface area contributed by atoms with Crippen molar-refractivity contribution in [3.05, 3.63) is 28.7 Å². The van der Waals surface area contributed by atoms with E-state index < -0.39 is 4.92 Å². The summed E-state index contributed by atoms with van der Waals surface area (Å²) in [5.74, 6) is 0.189. The lowest BCUT2D eigenvalue weighted by Gasteiger charge is -2.07. The summed E-state index contributed by atoms with van der Waals surface area (Å²) in [5, 5.41) is 17.9. The molecule has 0 aromatic carbocycles. The van der Waals surface area contributed by atoms with Crippen LogP contribution in [0.3, 0.4) is 0 Å². The maximum atomic E-state index is 11.2. The molecule has 0 amide bonds. The lowest BCUT2D eigenvalue weighted by Crippen LogP contribution is -2.06. The van der Waals surface area contributed by atoms with Crippen LogP contribution in [-0.4, -0.2) is 31.7 Å². The van der Waals surface area contributed by atoms with Crippen LogP contribution >= 0.6 is 0 Å². The molecule has 0 aliphatic heterocycles. The molecule has 0 aliphatic rings. The molecule has 1 N–H and O–H groups in total. The number of hydrogen-bond donors (Lipinski definition) is 1. The summed E-state index contributed by atoms with van der Waals surface area (Å²) in [6.07, 6.45) is 2.88. The summed E-state index contributed by atoms with van der Waals surface area (Å²) >= 11 is 0. The molecule has 0 aliphatic carbocycles. The van der Waals surface area contributed by atoms with Crippen LogP contribution in [-0.2, 0) is 6.54 Å². The van der Waals surface area contributed by atoms with E-state index in [-0.39, 0.29) is 17.2 Å². The van der Waals surface area contributed by atoms with Crippen molar-refractivity contribution in [3.63, 3.8) is 0 Å². The van der Waals surface area contributed by atoms with Crippen molar-refractivity contribution in [2.24, 2.45) is 0 Å². The van der Waals surface area contributed by atoms with E-state index in [1.54, 1.807) is 24.0 Å². The summed E-state index contributed by atoms with van der Waals surface area (Å²) in [6, 6.07) is 1.69. The lowest BCUT2D eigenvalue weighted by molar-refractivity contribution is -0.383. The van der Waals surface area contributed by atoms with E-state index in [1.165, 1.54) is 6.33 Å². The standard InChI is InChI=1S/C10H12N6O2/c1-3-15-7(4-5-14-15)8-9(16(17)18)10(11-2)13-6-12-8/h4-6H,3H2,1-2H3,(H,11,12,13). The molecule has 2 aromatic heterocycles. The van der Waals surface area contributed by atoms with Gasteiger partial charge in [-0.25, -0.2) is 9.97 Å². The zero-order valence-corrected chi connectivity index (χ0v) is 9.99. The van der Waals surface area contributed by atoms with Crippen LogP contribution < -0.4 is 5.32 Å². The molecule has 0 unspecified atom stereocenters. The lowest BCUT2D eigenvalue weighted by atomic mass is 10.2. The van der Waals surface area contributed by atoms with E-state index in [0.29, 0.717) is 12.2 Å². The van der Waals surface area contributed by atoms with Gasteiger partial charge in [0.05, 0.1) is 10.6 Å². The molecule has 2 rings (SSSR count). The second-order valence-electron chi connectivity index (χ2n) is 3.46. The summed E-state index contributed by atoms with van der Waals surface area (Å²) in [6.45, 7) is 2.51. The normalized spacial score (nSPS) is 10.3. The average Bonchev–Trinajstić information content (AvgIpc) is 2.85. The molecular formula is C10H12N6O2. The number of aryl methyl sites for hydroxylation is 1. The Hall–Kier alpha value is -2.51. The number of anilines is 1. The molecule has 0 atom stereocenters. The monoisotopic (exact) mass is 248 g/mol. The number of nitrogens with one attached hydrogen (secondary N) is 1. The Morgan fingerprint density at radius 2 is 2.28 bits per heavy atom. The molecule has 18 heavy (non-hydrogen) atoms. The number of rotatable bonds is 4. The van der Waals surface area contributed by atoms with Crippen molar-refractivity contribution in [1.29, 1.82) is 0 Å². The van der Waals surface area contributed by atoms with Gasteiger partial charge in [-0.3, -0.25) is 14.8 Å². The van der Waals surface area contributed by atoms with Crippen molar-refractivity contribution in [2.75, 3.05) is 12.4 Å². The number of hydrogen-bond acceptors (Lipinski definition) is 6. The molecule has 8 nitrogen and oxygen atoms in total. The highest BCUT2D eigenvalue weighted by molar-refractivity contribution is 5.74. The predicted molar refractivity (Wildman–Crippen MR) is 65.1 cm³/mol.